The van der Waals surface area contributed by atoms with Gasteiger partial charge >= 0.3 is 0 Å². The standard InChI is InChI=1S/2C14H15NS.C13H13NS.Ir/c2*1-10-5-6-11-9-14(16-13(11)8-10)12-4-2-3-7-15-12;1-2-7-12-10(5-1)9-13(15-12)11-6-3-4-8-14-11;/h2*5-6,8,12H,2-4,7H2,1H3;1-2,5,7,11H,3-4,6,8H2;/q3*-2;. The van der Waals surface area contributed by atoms with E-state index in [9.17, 15) is 0 Å². The molecule has 0 N–H and O–H groups in total. The van der Waals surface area contributed by atoms with Crippen LogP contribution in [0.15, 0.2) is 60.7 Å². The molecule has 3 atom stereocenters. The summed E-state index contributed by atoms with van der Waals surface area (Å²) >= 11 is 5.59. The average Bonchev–Trinajstić information content (AvgIpc) is 3.86. The van der Waals surface area contributed by atoms with Crippen molar-refractivity contribution < 1.29 is 20.1 Å². The largest absolute Gasteiger partial charge is 0.656 e. The van der Waals surface area contributed by atoms with Crippen LogP contribution in [0.3, 0.4) is 0 Å². The van der Waals surface area contributed by atoms with Crippen LogP contribution in [0.1, 0.15) is 102 Å². The number of thiophene rings is 3. The van der Waals surface area contributed by atoms with Crippen molar-refractivity contribution in [3.8, 4) is 0 Å². The average molecular weight is 866 g/mol. The topological polar surface area (TPSA) is 42.3 Å². The van der Waals surface area contributed by atoms with Gasteiger partial charge in [-0.05, 0) is 13.8 Å². The zero-order valence-electron chi connectivity index (χ0n) is 27.9. The van der Waals surface area contributed by atoms with Crippen molar-refractivity contribution in [1.82, 2.24) is 0 Å². The molecule has 0 spiro atoms. The number of aryl methyl sites for hydroxylation is 2. The molecule has 3 nitrogen and oxygen atoms in total. The van der Waals surface area contributed by atoms with Gasteiger partial charge in [-0.15, -0.1) is 62.0 Å². The van der Waals surface area contributed by atoms with Crippen LogP contribution in [0.5, 0.6) is 0 Å². The molecule has 9 rings (SSSR count). The monoisotopic (exact) mass is 866 g/mol. The fraction of sp³-hybridized carbons (Fsp3) is 0.415. The van der Waals surface area contributed by atoms with Gasteiger partial charge in [0.05, 0.1) is 0 Å². The summed E-state index contributed by atoms with van der Waals surface area (Å²) in [5, 5.41) is 17.8. The first-order valence-corrected chi connectivity index (χ1v) is 19.8. The van der Waals surface area contributed by atoms with Gasteiger partial charge in [0.1, 0.15) is 0 Å². The third kappa shape index (κ3) is 9.04. The molecule has 3 aromatic carbocycles. The Morgan fingerprint density at radius 3 is 1.29 bits per heavy atom. The van der Waals surface area contributed by atoms with Gasteiger partial charge in [-0.25, -0.2) is 34.0 Å². The summed E-state index contributed by atoms with van der Waals surface area (Å²) in [6.45, 7) is 7.39. The molecule has 3 aliphatic rings. The van der Waals surface area contributed by atoms with Gasteiger partial charge in [0.25, 0.3) is 0 Å². The molecular weight excluding hydrogens is 823 g/mol. The van der Waals surface area contributed by atoms with Crippen molar-refractivity contribution in [3.63, 3.8) is 0 Å². The first-order chi connectivity index (χ1) is 23.1. The predicted molar refractivity (Wildman–Crippen MR) is 206 cm³/mol. The summed E-state index contributed by atoms with van der Waals surface area (Å²) in [6, 6.07) is 33.4. The van der Waals surface area contributed by atoms with Gasteiger partial charge in [-0.1, -0.05) is 116 Å². The molecule has 0 amide bonds. The van der Waals surface area contributed by atoms with Gasteiger partial charge in [-0.2, -0.15) is 52.6 Å². The van der Waals surface area contributed by atoms with E-state index in [1.54, 1.807) is 0 Å². The van der Waals surface area contributed by atoms with E-state index < -0.39 is 0 Å². The van der Waals surface area contributed by atoms with Gasteiger partial charge in [0.2, 0.25) is 0 Å². The minimum atomic E-state index is 0. The first-order valence-electron chi connectivity index (χ1n) is 17.3. The minimum Gasteiger partial charge on any atom is -0.656 e. The quantitative estimate of drug-likeness (QED) is 0.159. The summed E-state index contributed by atoms with van der Waals surface area (Å²) in [4.78, 5) is 4.00. The maximum absolute atomic E-state index is 4.70. The maximum Gasteiger partial charge on any atom is 0 e. The Morgan fingerprint density at radius 1 is 0.500 bits per heavy atom. The van der Waals surface area contributed by atoms with Crippen LogP contribution in [0, 0.1) is 32.0 Å². The van der Waals surface area contributed by atoms with E-state index in [2.05, 4.69) is 98.0 Å². The molecular formula is C41H43IrN3S3-6. The molecule has 0 aliphatic carbocycles. The van der Waals surface area contributed by atoms with Crippen LogP contribution >= 0.6 is 34.0 Å². The Hall–Kier alpha value is -1.93. The summed E-state index contributed by atoms with van der Waals surface area (Å²) in [6.07, 6.45) is 11.4. The van der Waals surface area contributed by atoms with Crippen molar-refractivity contribution >= 4 is 64.3 Å². The molecule has 3 fully saturated rings. The molecule has 3 aliphatic heterocycles. The van der Waals surface area contributed by atoms with Crippen molar-refractivity contribution in [2.24, 2.45) is 0 Å². The Labute approximate surface area is 312 Å². The Kier molecular flexibility index (Phi) is 13.0. The fourth-order valence-electron chi connectivity index (χ4n) is 6.58. The fourth-order valence-corrected chi connectivity index (χ4v) is 10.1. The SMILES string of the molecule is Cc1ccc2[c-]c(C3CCCC[N-]3)sc2c1.Cc1ccc2[c-]c(C3CCCC[N-]3)sc2c1.[Ir].[c-]1c(C2CCCC[N-]2)sc2ccccc12. The van der Waals surface area contributed by atoms with Gasteiger partial charge in [0.15, 0.2) is 0 Å². The second-order valence-electron chi connectivity index (χ2n) is 13.0. The summed E-state index contributed by atoms with van der Waals surface area (Å²) in [5.41, 5.74) is 2.66. The van der Waals surface area contributed by atoms with Crippen molar-refractivity contribution in [2.45, 2.75) is 89.8 Å². The number of nitrogens with zero attached hydrogens (tertiary/aromatic N) is 3. The summed E-state index contributed by atoms with van der Waals surface area (Å²) in [5.74, 6) is 0. The second-order valence-corrected chi connectivity index (χ2v) is 16.3. The molecule has 6 aromatic rings. The molecule has 3 aromatic heterocycles. The summed E-state index contributed by atoms with van der Waals surface area (Å²) < 4.78 is 4.06. The van der Waals surface area contributed by atoms with E-state index in [1.807, 2.05) is 34.0 Å². The number of benzene rings is 3. The third-order valence-electron chi connectivity index (χ3n) is 9.21. The minimum absolute atomic E-state index is 0. The molecule has 0 bridgehead atoms. The molecule has 48 heavy (non-hydrogen) atoms. The number of fused-ring (bicyclic) bond motifs is 3. The smallest absolute Gasteiger partial charge is 0 e. The van der Waals surface area contributed by atoms with Crippen LogP contribution < -0.4 is 0 Å². The zero-order valence-corrected chi connectivity index (χ0v) is 32.7. The van der Waals surface area contributed by atoms with Gasteiger partial charge in [-0.3, -0.25) is 0 Å². The Bertz CT molecular complexity index is 1760. The molecule has 3 saturated heterocycles. The summed E-state index contributed by atoms with van der Waals surface area (Å²) in [7, 11) is 0. The number of hydrogen-bond acceptors (Lipinski definition) is 3. The van der Waals surface area contributed by atoms with Crippen molar-refractivity contribution in [2.75, 3.05) is 19.6 Å². The van der Waals surface area contributed by atoms with E-state index in [0.29, 0.717) is 18.1 Å². The van der Waals surface area contributed by atoms with Gasteiger partial charge in [0, 0.05) is 20.1 Å². The van der Waals surface area contributed by atoms with Crippen LogP contribution in [0.25, 0.3) is 46.2 Å². The third-order valence-corrected chi connectivity index (χ3v) is 12.7. The molecule has 3 unspecified atom stereocenters. The Morgan fingerprint density at radius 2 is 0.896 bits per heavy atom. The molecule has 0 saturated carbocycles. The maximum atomic E-state index is 4.70. The van der Waals surface area contributed by atoms with E-state index in [0.717, 1.165) is 19.6 Å². The molecule has 7 heteroatoms. The van der Waals surface area contributed by atoms with E-state index in [-0.39, 0.29) is 20.1 Å². The number of piperidine rings is 3. The molecule has 255 valence electrons. The normalized spacial score (nSPS) is 21.2. The van der Waals surface area contributed by atoms with Crippen LogP contribution in [-0.2, 0) is 20.1 Å². The predicted octanol–water partition coefficient (Wildman–Crippen LogP) is 13.5. The number of hydrogen-bond donors (Lipinski definition) is 0. The zero-order chi connectivity index (χ0) is 32.0. The molecule has 6 heterocycles. The van der Waals surface area contributed by atoms with Crippen LogP contribution in [-0.4, -0.2) is 19.6 Å². The van der Waals surface area contributed by atoms with Crippen LogP contribution in [0.4, 0.5) is 0 Å². The van der Waals surface area contributed by atoms with Crippen LogP contribution in [0.2, 0.25) is 0 Å². The number of rotatable bonds is 3. The Balaban J connectivity index is 0.000000124. The van der Waals surface area contributed by atoms with E-state index >= 15 is 0 Å². The second kappa shape index (κ2) is 17.3. The van der Waals surface area contributed by atoms with E-state index in [4.69, 9.17) is 10.6 Å². The van der Waals surface area contributed by atoms with Crippen molar-refractivity contribution in [1.29, 1.82) is 0 Å². The first kappa shape index (κ1) is 35.9. The van der Waals surface area contributed by atoms with Crippen molar-refractivity contribution in [3.05, 3.63) is 121 Å². The van der Waals surface area contributed by atoms with E-state index in [1.165, 1.54) is 114 Å². The van der Waals surface area contributed by atoms with Gasteiger partial charge < -0.3 is 16.0 Å². The molecule has 1 radical (unpaired) electrons.